The van der Waals surface area contributed by atoms with E-state index in [1.807, 2.05) is 0 Å². The van der Waals surface area contributed by atoms with E-state index in [9.17, 15) is 13.2 Å². The first-order chi connectivity index (χ1) is 4.99. The summed E-state index contributed by atoms with van der Waals surface area (Å²) in [5, 5.41) is 0.280. The Morgan fingerprint density at radius 3 is 2.64 bits per heavy atom. The Morgan fingerprint density at radius 2 is 2.27 bits per heavy atom. The van der Waals surface area contributed by atoms with Gasteiger partial charge in [0.2, 0.25) is 0 Å². The molecule has 0 saturated heterocycles. The molecule has 62 valence electrons. The Labute approximate surface area is 68.8 Å². The summed E-state index contributed by atoms with van der Waals surface area (Å²) in [6.07, 6.45) is 1.48. The molecule has 0 saturated carbocycles. The highest BCUT2D eigenvalue weighted by atomic mass is 32.2. The van der Waals surface area contributed by atoms with Crippen LogP contribution in [0.2, 0.25) is 0 Å². The minimum Gasteiger partial charge on any atom is -0.361 e. The zero-order valence-corrected chi connectivity index (χ0v) is 7.19. The van der Waals surface area contributed by atoms with E-state index in [4.69, 9.17) is 5.73 Å². The molecule has 0 radical (unpaired) electrons. The van der Waals surface area contributed by atoms with Gasteiger partial charge in [0.25, 0.3) is 5.24 Å². The fraction of sp³-hybridized carbons (Fsp3) is 0.400. The predicted molar refractivity (Wildman–Crippen MR) is 43.9 cm³/mol. The van der Waals surface area contributed by atoms with Crippen LogP contribution in [0.1, 0.15) is 0 Å². The molecule has 0 aromatic heterocycles. The van der Waals surface area contributed by atoms with Crippen molar-refractivity contribution in [3.63, 3.8) is 0 Å². The number of carbonyl (C=O) groups is 1. The summed E-state index contributed by atoms with van der Waals surface area (Å²) in [6.45, 7) is 0. The van der Waals surface area contributed by atoms with E-state index in [-0.39, 0.29) is 11.0 Å². The first kappa shape index (κ1) is 8.61. The standard InChI is InChI=1S/C5H7NO3S2/c6-5(7)10-4-1-2-11(8,9)3-4/h1-2,4H,3H2,(H2,6,7). The maximum absolute atomic E-state index is 10.8. The summed E-state index contributed by atoms with van der Waals surface area (Å²) in [4.78, 5) is 10.3. The molecule has 1 atom stereocenters. The van der Waals surface area contributed by atoms with Gasteiger partial charge in [-0.15, -0.1) is 0 Å². The van der Waals surface area contributed by atoms with Gasteiger partial charge in [-0.2, -0.15) is 0 Å². The maximum Gasteiger partial charge on any atom is 0.277 e. The molecule has 0 fully saturated rings. The first-order valence-electron chi connectivity index (χ1n) is 2.87. The fourth-order valence-corrected chi connectivity index (χ4v) is 3.28. The van der Waals surface area contributed by atoms with E-state index in [1.165, 1.54) is 6.08 Å². The maximum atomic E-state index is 10.8. The van der Waals surface area contributed by atoms with Crippen LogP contribution in [-0.4, -0.2) is 24.7 Å². The minimum absolute atomic E-state index is 0.0133. The second-order valence-electron chi connectivity index (χ2n) is 2.13. The van der Waals surface area contributed by atoms with Crippen molar-refractivity contribution in [3.8, 4) is 0 Å². The van der Waals surface area contributed by atoms with Crippen molar-refractivity contribution >= 4 is 26.8 Å². The zero-order valence-electron chi connectivity index (χ0n) is 5.56. The van der Waals surface area contributed by atoms with E-state index >= 15 is 0 Å². The number of amides is 1. The van der Waals surface area contributed by atoms with Gasteiger partial charge in [0.05, 0.1) is 5.75 Å². The summed E-state index contributed by atoms with van der Waals surface area (Å²) in [7, 11) is -3.05. The molecular weight excluding hydrogens is 186 g/mol. The molecule has 1 aliphatic rings. The Balaban J connectivity index is 2.58. The lowest BCUT2D eigenvalue weighted by Crippen LogP contribution is -2.13. The number of primary amides is 1. The third kappa shape index (κ3) is 2.55. The quantitative estimate of drug-likeness (QED) is 0.641. The highest BCUT2D eigenvalue weighted by molar-refractivity contribution is 8.15. The van der Waals surface area contributed by atoms with Gasteiger partial charge in [0, 0.05) is 10.7 Å². The fourth-order valence-electron chi connectivity index (χ4n) is 0.770. The van der Waals surface area contributed by atoms with E-state index < -0.39 is 15.1 Å². The molecule has 1 rings (SSSR count). The van der Waals surface area contributed by atoms with Crippen molar-refractivity contribution in [2.75, 3.05) is 5.75 Å². The SMILES string of the molecule is NC(=O)SC1C=CS(=O)(=O)C1. The molecule has 1 unspecified atom stereocenters. The summed E-state index contributed by atoms with van der Waals surface area (Å²) < 4.78 is 21.5. The smallest absolute Gasteiger partial charge is 0.277 e. The van der Waals surface area contributed by atoms with Crippen LogP contribution in [0.4, 0.5) is 4.79 Å². The number of hydrogen-bond acceptors (Lipinski definition) is 4. The molecule has 0 aliphatic carbocycles. The lowest BCUT2D eigenvalue weighted by molar-refractivity contribution is 0.267. The van der Waals surface area contributed by atoms with Gasteiger partial charge in [0.1, 0.15) is 0 Å². The summed E-state index contributed by atoms with van der Waals surface area (Å²) in [6, 6.07) is 0. The van der Waals surface area contributed by atoms with E-state index in [1.54, 1.807) is 0 Å². The average Bonchev–Trinajstić information content (AvgIpc) is 2.08. The van der Waals surface area contributed by atoms with Crippen LogP contribution in [0.25, 0.3) is 0 Å². The van der Waals surface area contributed by atoms with Crippen molar-refractivity contribution in [3.05, 3.63) is 11.5 Å². The Kier molecular flexibility index (Phi) is 2.24. The first-order valence-corrected chi connectivity index (χ1v) is 5.46. The lowest BCUT2D eigenvalue weighted by Gasteiger charge is -1.99. The van der Waals surface area contributed by atoms with Crippen LogP contribution < -0.4 is 5.73 Å². The van der Waals surface area contributed by atoms with Gasteiger partial charge in [0.15, 0.2) is 9.84 Å². The van der Waals surface area contributed by atoms with Crippen molar-refractivity contribution in [2.24, 2.45) is 5.73 Å². The number of nitrogens with two attached hydrogens (primary N) is 1. The molecule has 0 spiro atoms. The number of rotatable bonds is 1. The molecule has 0 aromatic rings. The summed E-state index contributed by atoms with van der Waals surface area (Å²) >= 11 is 0.837. The Bertz CT molecular complexity index is 293. The van der Waals surface area contributed by atoms with Crippen LogP contribution in [0.3, 0.4) is 0 Å². The minimum atomic E-state index is -3.05. The van der Waals surface area contributed by atoms with Crippen LogP contribution >= 0.6 is 11.8 Å². The van der Waals surface area contributed by atoms with Gasteiger partial charge in [-0.25, -0.2) is 8.42 Å². The highest BCUT2D eigenvalue weighted by Gasteiger charge is 2.23. The van der Waals surface area contributed by atoms with Crippen LogP contribution in [0.5, 0.6) is 0 Å². The molecule has 6 heteroatoms. The van der Waals surface area contributed by atoms with Gasteiger partial charge in [-0.3, -0.25) is 4.79 Å². The summed E-state index contributed by atoms with van der Waals surface area (Å²) in [5.41, 5.74) is 4.86. The Hall–Kier alpha value is -0.490. The van der Waals surface area contributed by atoms with E-state index in [0.29, 0.717) is 0 Å². The van der Waals surface area contributed by atoms with Gasteiger partial charge in [-0.05, 0) is 0 Å². The predicted octanol–water partition coefficient (Wildman–Crippen LogP) is 0.109. The second-order valence-corrected chi connectivity index (χ2v) is 5.31. The molecule has 0 aromatic carbocycles. The summed E-state index contributed by atoms with van der Waals surface area (Å²) in [5.74, 6) is -0.0133. The van der Waals surface area contributed by atoms with Gasteiger partial charge >= 0.3 is 0 Å². The van der Waals surface area contributed by atoms with Crippen molar-refractivity contribution in [2.45, 2.75) is 5.25 Å². The largest absolute Gasteiger partial charge is 0.361 e. The molecule has 1 amide bonds. The van der Waals surface area contributed by atoms with Crippen molar-refractivity contribution in [1.29, 1.82) is 0 Å². The van der Waals surface area contributed by atoms with Crippen LogP contribution in [-0.2, 0) is 9.84 Å². The average molecular weight is 193 g/mol. The Morgan fingerprint density at radius 1 is 1.64 bits per heavy atom. The highest BCUT2D eigenvalue weighted by Crippen LogP contribution is 2.20. The normalized spacial score (nSPS) is 27.1. The molecule has 0 bridgehead atoms. The number of hydrogen-bond donors (Lipinski definition) is 1. The molecular formula is C5H7NO3S2. The van der Waals surface area contributed by atoms with Crippen molar-refractivity contribution in [1.82, 2.24) is 0 Å². The third-order valence-electron chi connectivity index (χ3n) is 1.16. The topological polar surface area (TPSA) is 77.2 Å². The number of carbonyl (C=O) groups excluding carboxylic acids is 1. The molecule has 11 heavy (non-hydrogen) atoms. The number of thioether (sulfide) groups is 1. The second kappa shape index (κ2) is 2.86. The third-order valence-corrected chi connectivity index (χ3v) is 3.63. The van der Waals surface area contributed by atoms with Gasteiger partial charge < -0.3 is 5.73 Å². The lowest BCUT2D eigenvalue weighted by atomic mass is 10.5. The monoisotopic (exact) mass is 193 g/mol. The van der Waals surface area contributed by atoms with E-state index in [2.05, 4.69) is 0 Å². The molecule has 2 N–H and O–H groups in total. The van der Waals surface area contributed by atoms with Crippen molar-refractivity contribution < 1.29 is 13.2 Å². The molecule has 1 heterocycles. The van der Waals surface area contributed by atoms with E-state index in [0.717, 1.165) is 17.2 Å². The molecule has 4 nitrogen and oxygen atoms in total. The van der Waals surface area contributed by atoms with Crippen LogP contribution in [0, 0.1) is 0 Å². The number of sulfone groups is 1. The molecule has 1 aliphatic heterocycles. The van der Waals surface area contributed by atoms with Gasteiger partial charge in [-0.1, -0.05) is 17.8 Å². The van der Waals surface area contributed by atoms with Crippen LogP contribution in [0.15, 0.2) is 11.5 Å². The zero-order chi connectivity index (χ0) is 8.48.